The van der Waals surface area contributed by atoms with Crippen LogP contribution in [0.25, 0.3) is 0 Å². The number of carbonyl (C=O) groups is 1. The van der Waals surface area contributed by atoms with E-state index in [2.05, 4.69) is 21.8 Å². The highest BCUT2D eigenvalue weighted by molar-refractivity contribution is 8.14. The Morgan fingerprint density at radius 1 is 1.35 bits per heavy atom. The molecule has 1 aliphatic carbocycles. The topological polar surface area (TPSA) is 62.0 Å². The van der Waals surface area contributed by atoms with Crippen LogP contribution in [0.2, 0.25) is 0 Å². The smallest absolute Gasteiger partial charge is 0.261 e. The quantitative estimate of drug-likeness (QED) is 0.696. The molecule has 5 heteroatoms. The van der Waals surface area contributed by atoms with Gasteiger partial charge < -0.3 is 5.11 Å². The van der Waals surface area contributed by atoms with E-state index in [9.17, 15) is 4.79 Å². The fourth-order valence-corrected chi connectivity index (χ4v) is 2.05. The molecule has 2 rings (SSSR count). The Morgan fingerprint density at radius 2 is 2.24 bits per heavy atom. The van der Waals surface area contributed by atoms with Gasteiger partial charge in [-0.3, -0.25) is 4.79 Å². The highest BCUT2D eigenvalue weighted by Crippen LogP contribution is 2.19. The predicted octanol–water partition coefficient (Wildman–Crippen LogP) is 0.795. The second kappa shape index (κ2) is 5.62. The number of nitrogens with zero attached hydrogens (tertiary/aromatic N) is 2. The number of aliphatic imine (C=N–C) groups is 2. The Hall–Kier alpha value is -1.64. The molecule has 0 spiro atoms. The van der Waals surface area contributed by atoms with Crippen molar-refractivity contribution in [1.82, 2.24) is 0 Å². The maximum atomic E-state index is 11.7. The van der Waals surface area contributed by atoms with Gasteiger partial charge in [-0.25, -0.2) is 4.99 Å². The van der Waals surface area contributed by atoms with E-state index in [1.54, 1.807) is 6.08 Å². The summed E-state index contributed by atoms with van der Waals surface area (Å²) in [5, 5.41) is 8.93. The summed E-state index contributed by atoms with van der Waals surface area (Å²) in [4.78, 5) is 19.9. The molecule has 0 aromatic rings. The van der Waals surface area contributed by atoms with Gasteiger partial charge in [0.05, 0.1) is 11.5 Å². The van der Waals surface area contributed by atoms with E-state index in [0.29, 0.717) is 10.9 Å². The summed E-state index contributed by atoms with van der Waals surface area (Å²) in [7, 11) is 0. The van der Waals surface area contributed by atoms with E-state index >= 15 is 0 Å². The van der Waals surface area contributed by atoms with Gasteiger partial charge >= 0.3 is 0 Å². The Balaban J connectivity index is 2.05. The number of allylic oxidation sites excluding steroid dienone is 3. The van der Waals surface area contributed by atoms with Crippen LogP contribution < -0.4 is 0 Å². The maximum absolute atomic E-state index is 11.7. The number of hydrogen-bond acceptors (Lipinski definition) is 4. The molecule has 1 atom stereocenters. The summed E-state index contributed by atoms with van der Waals surface area (Å²) in [6.07, 6.45) is 7.28. The van der Waals surface area contributed by atoms with Crippen molar-refractivity contribution in [3.63, 3.8) is 0 Å². The Morgan fingerprint density at radius 3 is 3.06 bits per heavy atom. The van der Waals surface area contributed by atoms with Gasteiger partial charge in [-0.2, -0.15) is 4.99 Å². The van der Waals surface area contributed by atoms with Crippen LogP contribution in [0.1, 0.15) is 0 Å². The van der Waals surface area contributed by atoms with Crippen molar-refractivity contribution < 1.29 is 9.90 Å². The predicted molar refractivity (Wildman–Crippen MR) is 69.0 cm³/mol. The summed E-state index contributed by atoms with van der Waals surface area (Å²) >= 11 is 1.30. The average Bonchev–Trinajstić information content (AvgIpc) is 2.35. The first-order valence-electron chi connectivity index (χ1n) is 5.06. The number of amidine groups is 1. The van der Waals surface area contributed by atoms with E-state index in [4.69, 9.17) is 5.11 Å². The van der Waals surface area contributed by atoms with Gasteiger partial charge in [-0.05, 0) is 6.08 Å². The van der Waals surface area contributed by atoms with Gasteiger partial charge in [0.25, 0.3) is 5.91 Å². The molecule has 0 bridgehead atoms. The number of thioether (sulfide) groups is 1. The van der Waals surface area contributed by atoms with Crippen molar-refractivity contribution >= 4 is 28.5 Å². The monoisotopic (exact) mass is 246 g/mol. The molecule has 1 aliphatic heterocycles. The van der Waals surface area contributed by atoms with Gasteiger partial charge in [-0.1, -0.05) is 41.8 Å². The number of hydrogen-bond donors (Lipinski definition) is 1. The van der Waals surface area contributed by atoms with E-state index in [1.807, 2.05) is 18.2 Å². The largest absolute Gasteiger partial charge is 0.384 e. The molecular formula is C12H10N2O2S. The molecule has 0 saturated carbocycles. The van der Waals surface area contributed by atoms with E-state index in [1.165, 1.54) is 11.8 Å². The van der Waals surface area contributed by atoms with Crippen LogP contribution in [0, 0.1) is 17.8 Å². The van der Waals surface area contributed by atoms with E-state index < -0.39 is 0 Å². The van der Waals surface area contributed by atoms with Crippen molar-refractivity contribution in [2.45, 2.75) is 0 Å². The number of fused-ring (bicyclic) bond motifs is 1. The summed E-state index contributed by atoms with van der Waals surface area (Å²) in [5.74, 6) is 5.22. The lowest BCUT2D eigenvalue weighted by Gasteiger charge is -2.16. The van der Waals surface area contributed by atoms with Gasteiger partial charge in [-0.15, -0.1) is 0 Å². The first-order valence-corrected chi connectivity index (χ1v) is 6.05. The fraction of sp³-hybridized carbons (Fsp3) is 0.250. The number of aliphatic hydroxyl groups excluding tert-OH is 1. The van der Waals surface area contributed by atoms with Crippen LogP contribution in [0.3, 0.4) is 0 Å². The third kappa shape index (κ3) is 2.93. The SMILES string of the molecule is O=C1N=C(SCC#CCO)N=C2C=CC=CC12. The summed E-state index contributed by atoms with van der Waals surface area (Å²) < 4.78 is 0. The molecule has 1 N–H and O–H groups in total. The fourth-order valence-electron chi connectivity index (χ4n) is 1.42. The molecule has 17 heavy (non-hydrogen) atoms. The molecule has 0 aromatic carbocycles. The minimum Gasteiger partial charge on any atom is -0.384 e. The second-order valence-electron chi connectivity index (χ2n) is 3.29. The van der Waals surface area contributed by atoms with E-state index in [-0.39, 0.29) is 18.4 Å². The minimum absolute atomic E-state index is 0.157. The Labute approximate surface area is 103 Å². The lowest BCUT2D eigenvalue weighted by atomic mass is 9.97. The molecule has 0 radical (unpaired) electrons. The molecule has 86 valence electrons. The van der Waals surface area contributed by atoms with Crippen LogP contribution in [0.15, 0.2) is 34.3 Å². The van der Waals surface area contributed by atoms with Crippen LogP contribution >= 0.6 is 11.8 Å². The Bertz CT molecular complexity index is 506. The molecule has 2 aliphatic rings. The normalized spacial score (nSPS) is 21.2. The first kappa shape index (κ1) is 11.8. The lowest BCUT2D eigenvalue weighted by molar-refractivity contribution is -0.118. The summed E-state index contributed by atoms with van der Waals surface area (Å²) in [6.45, 7) is -0.157. The molecule has 4 nitrogen and oxygen atoms in total. The van der Waals surface area contributed by atoms with Crippen molar-refractivity contribution in [2.75, 3.05) is 12.4 Å². The van der Waals surface area contributed by atoms with Gasteiger partial charge in [0.2, 0.25) is 0 Å². The van der Waals surface area contributed by atoms with E-state index in [0.717, 1.165) is 5.71 Å². The maximum Gasteiger partial charge on any atom is 0.261 e. The van der Waals surface area contributed by atoms with Gasteiger partial charge in [0.15, 0.2) is 5.17 Å². The third-order valence-electron chi connectivity index (χ3n) is 2.17. The second-order valence-corrected chi connectivity index (χ2v) is 4.23. The molecule has 0 saturated heterocycles. The molecule has 1 heterocycles. The zero-order chi connectivity index (χ0) is 12.1. The van der Waals surface area contributed by atoms with Crippen molar-refractivity contribution in [3.8, 4) is 11.8 Å². The van der Waals surface area contributed by atoms with Gasteiger partial charge in [0, 0.05) is 0 Å². The summed E-state index contributed by atoms with van der Waals surface area (Å²) in [6, 6.07) is 0. The average molecular weight is 246 g/mol. The summed E-state index contributed by atoms with van der Waals surface area (Å²) in [5.41, 5.74) is 0.727. The van der Waals surface area contributed by atoms with Crippen LogP contribution in [0.5, 0.6) is 0 Å². The Kier molecular flexibility index (Phi) is 3.91. The third-order valence-corrected chi connectivity index (χ3v) is 2.90. The zero-order valence-electron chi connectivity index (χ0n) is 8.96. The van der Waals surface area contributed by atoms with Gasteiger partial charge in [0.1, 0.15) is 12.5 Å². The van der Waals surface area contributed by atoms with Crippen LogP contribution in [0.4, 0.5) is 0 Å². The molecular weight excluding hydrogens is 236 g/mol. The van der Waals surface area contributed by atoms with Crippen molar-refractivity contribution in [2.24, 2.45) is 15.9 Å². The molecule has 1 amide bonds. The first-order chi connectivity index (χ1) is 8.31. The number of amides is 1. The molecule has 1 unspecified atom stereocenters. The highest BCUT2D eigenvalue weighted by Gasteiger charge is 2.25. The lowest BCUT2D eigenvalue weighted by Crippen LogP contribution is -2.26. The zero-order valence-corrected chi connectivity index (χ0v) is 9.78. The van der Waals surface area contributed by atoms with Crippen LogP contribution in [-0.2, 0) is 4.79 Å². The minimum atomic E-state index is -0.326. The standard InChI is InChI=1S/C12H10N2O2S/c15-7-3-4-8-17-12-13-10-6-2-1-5-9(10)11(16)14-12/h1-2,5-6,9,15H,7-8H2. The number of aliphatic hydroxyl groups is 1. The highest BCUT2D eigenvalue weighted by atomic mass is 32.2. The van der Waals surface area contributed by atoms with Crippen molar-refractivity contribution in [1.29, 1.82) is 0 Å². The van der Waals surface area contributed by atoms with Crippen LogP contribution in [-0.4, -0.2) is 34.3 Å². The molecule has 0 aromatic heterocycles. The molecule has 0 fully saturated rings. The number of carbonyl (C=O) groups excluding carboxylic acids is 1. The van der Waals surface area contributed by atoms with Crippen molar-refractivity contribution in [3.05, 3.63) is 24.3 Å². The number of rotatable bonds is 1.